The molecule has 6 atom stereocenters. The Bertz CT molecular complexity index is 2600. The summed E-state index contributed by atoms with van der Waals surface area (Å²) in [7, 11) is -3.00. The lowest BCUT2D eigenvalue weighted by Crippen LogP contribution is -2.59. The zero-order valence-electron chi connectivity index (χ0n) is 43.2. The van der Waals surface area contributed by atoms with Gasteiger partial charge in [-0.05, 0) is 127 Å². The predicted molar refractivity (Wildman–Crippen MR) is 257 cm³/mol. The molecule has 7 rings (SSSR count). The number of halogens is 6. The molecule has 4 saturated carbocycles. The van der Waals surface area contributed by atoms with Crippen molar-refractivity contribution in [3.63, 3.8) is 0 Å². The molecule has 5 N–H and O–H groups in total. The molecule has 0 bridgehead atoms. The second kappa shape index (κ2) is 22.6. The van der Waals surface area contributed by atoms with Gasteiger partial charge in [-0.15, -0.1) is 0 Å². The Hall–Kier alpha value is -5.86. The van der Waals surface area contributed by atoms with E-state index in [2.05, 4.69) is 20.4 Å². The number of hydrogen-bond donors (Lipinski definition) is 5. The summed E-state index contributed by atoms with van der Waals surface area (Å²) < 4.78 is 132. The molecule has 0 spiro atoms. The molecule has 27 heteroatoms. The first-order valence-electron chi connectivity index (χ1n) is 25.1. The normalized spacial score (nSPS) is 23.5. The van der Waals surface area contributed by atoms with E-state index in [1.54, 1.807) is 38.1 Å². The first-order chi connectivity index (χ1) is 35.2. The number of amides is 5. The van der Waals surface area contributed by atoms with Crippen LogP contribution in [0.5, 0.6) is 11.6 Å². The maximum Gasteiger partial charge on any atom is 0.427 e. The van der Waals surface area contributed by atoms with Crippen molar-refractivity contribution < 1.29 is 91.8 Å². The third kappa shape index (κ3) is 14.2. The van der Waals surface area contributed by atoms with Gasteiger partial charge in [0.1, 0.15) is 35.5 Å². The fourth-order valence-electron chi connectivity index (χ4n) is 9.66. The number of aromatic nitrogens is 1. The number of ether oxygens (including phenoxy) is 4. The molecule has 0 unspecified atom stereocenters. The van der Waals surface area contributed by atoms with Crippen LogP contribution >= 0.6 is 0 Å². The highest BCUT2D eigenvalue weighted by atomic mass is 32.2. The molecular formula is C49H66F6N6O14S. The van der Waals surface area contributed by atoms with Gasteiger partial charge in [-0.25, -0.2) is 28.3 Å². The van der Waals surface area contributed by atoms with Crippen molar-refractivity contribution in [1.29, 1.82) is 0 Å². The lowest BCUT2D eigenvalue weighted by atomic mass is 9.96. The third-order valence-corrected chi connectivity index (χ3v) is 15.8. The number of fused-ring (bicyclic) bond motifs is 1. The second-order valence-electron chi connectivity index (χ2n) is 21.3. The van der Waals surface area contributed by atoms with Crippen molar-refractivity contribution in [2.75, 3.05) is 13.7 Å². The summed E-state index contributed by atoms with van der Waals surface area (Å²) in [6.07, 6.45) is -5.07. The number of rotatable bonds is 18. The molecule has 1 aromatic carbocycles. The summed E-state index contributed by atoms with van der Waals surface area (Å²) in [6, 6.07) is 3.11. The number of benzene rings is 1. The van der Waals surface area contributed by atoms with Gasteiger partial charge in [-0.3, -0.25) is 14.4 Å². The van der Waals surface area contributed by atoms with Gasteiger partial charge in [0.2, 0.25) is 28.9 Å². The zero-order valence-corrected chi connectivity index (χ0v) is 44.0. The summed E-state index contributed by atoms with van der Waals surface area (Å²) in [5, 5.41) is 17.5. The number of aliphatic carboxylic acids is 1. The highest BCUT2D eigenvalue weighted by Crippen LogP contribution is 2.47. The van der Waals surface area contributed by atoms with Crippen LogP contribution in [0.1, 0.15) is 125 Å². The van der Waals surface area contributed by atoms with Crippen LogP contribution in [0.3, 0.4) is 0 Å². The maximum absolute atomic E-state index is 14.6. The van der Waals surface area contributed by atoms with Crippen LogP contribution in [0.4, 0.5) is 35.9 Å². The summed E-state index contributed by atoms with van der Waals surface area (Å²) in [5.41, 5.74) is -8.09. The molecule has 76 heavy (non-hydrogen) atoms. The Kier molecular flexibility index (Phi) is 17.7. The fraction of sp³-hybridized carbons (Fsp3) is 0.694. The number of carboxylic acids is 1. The lowest BCUT2D eigenvalue weighted by molar-refractivity contribution is -0.244. The van der Waals surface area contributed by atoms with E-state index in [0.717, 1.165) is 18.2 Å². The quantitative estimate of drug-likeness (QED) is 0.0930. The number of carboxylic acid groups (broad SMARTS) is 1. The van der Waals surface area contributed by atoms with Gasteiger partial charge in [0, 0.05) is 18.0 Å². The largest absolute Gasteiger partial charge is 0.497 e. The first kappa shape index (κ1) is 59.4. The summed E-state index contributed by atoms with van der Waals surface area (Å²) in [6.45, 7) is 5.97. The number of likely N-dealkylation sites (tertiary alicyclic amines) is 1. The number of carbonyl (C=O) groups excluding carboxylic acids is 5. The van der Waals surface area contributed by atoms with Crippen LogP contribution in [0.2, 0.25) is 0 Å². The van der Waals surface area contributed by atoms with E-state index in [9.17, 15) is 63.5 Å². The average Bonchev–Trinajstić information content (AvgIpc) is 3.83. The summed E-state index contributed by atoms with van der Waals surface area (Å²) in [5.74, 6) is -4.19. The minimum atomic E-state index is -4.90. The molecule has 0 radical (unpaired) electrons. The molecule has 5 fully saturated rings. The standard InChI is InChI=1S/C37H48F3N5O10S.C12H18F3NO4/c1-6-23-19-36(23,32(48)44-56(50,51)55-35(4)14-15-35)43-29(46)27-18-25(53-30-26-12-11-24(52-5)17-22(26)13-16-41-30)20-45(27)31(47)28(21-9-7-8-10-21)42-33(49)54-34(2,3)37(38,39)40;1-11(2,12(13,14)15)20-10(19)16-8(9(17)18)7-5-3-4-6-7/h11-13,16-17,21,23,25,27-28H,6-10,14-15,18-20H2,1-5H3,(H,42,49)(H,43,46)(H,44,48);7-8H,3-6H2,1-2H3,(H,16,19)(H,17,18)/t23-,25-,27+,28+,36-;8-/m10/s1. The lowest BCUT2D eigenvalue weighted by Gasteiger charge is -2.33. The Morgan fingerprint density at radius 3 is 1.87 bits per heavy atom. The minimum Gasteiger partial charge on any atom is -0.497 e. The molecule has 5 aliphatic rings. The number of nitrogens with one attached hydrogen (secondary N) is 4. The van der Waals surface area contributed by atoms with Crippen molar-refractivity contribution >= 4 is 57.0 Å². The Labute approximate surface area is 435 Å². The van der Waals surface area contributed by atoms with E-state index in [1.165, 1.54) is 18.2 Å². The van der Waals surface area contributed by atoms with Crippen LogP contribution in [0.15, 0.2) is 30.5 Å². The van der Waals surface area contributed by atoms with Gasteiger partial charge in [0.25, 0.3) is 5.91 Å². The van der Waals surface area contributed by atoms with Crippen LogP contribution in [0.25, 0.3) is 10.8 Å². The molecule has 2 heterocycles. The fourth-order valence-corrected chi connectivity index (χ4v) is 10.8. The van der Waals surface area contributed by atoms with Crippen molar-refractivity contribution in [2.24, 2.45) is 17.8 Å². The highest BCUT2D eigenvalue weighted by Gasteiger charge is 2.62. The summed E-state index contributed by atoms with van der Waals surface area (Å²) in [4.78, 5) is 83.7. The number of nitrogens with zero attached hydrogens (tertiary/aromatic N) is 2. The topological polar surface area (TPSA) is 267 Å². The van der Waals surface area contributed by atoms with Crippen molar-refractivity contribution in [2.45, 2.75) is 184 Å². The van der Waals surface area contributed by atoms with E-state index in [-0.39, 0.29) is 31.2 Å². The van der Waals surface area contributed by atoms with Crippen LogP contribution < -0.4 is 30.1 Å². The molecule has 20 nitrogen and oxygen atoms in total. The number of carbonyl (C=O) groups is 6. The number of alkyl halides is 6. The average molecular weight is 1110 g/mol. The monoisotopic (exact) mass is 1110 g/mol. The molecule has 1 aliphatic heterocycles. The van der Waals surface area contributed by atoms with Gasteiger partial charge in [0.05, 0.1) is 19.3 Å². The number of pyridine rings is 1. The Morgan fingerprint density at radius 2 is 1.38 bits per heavy atom. The third-order valence-electron chi connectivity index (χ3n) is 14.8. The highest BCUT2D eigenvalue weighted by molar-refractivity contribution is 7.85. The van der Waals surface area contributed by atoms with E-state index >= 15 is 0 Å². The molecule has 2 aromatic rings. The second-order valence-corrected chi connectivity index (χ2v) is 22.6. The van der Waals surface area contributed by atoms with Crippen molar-refractivity contribution in [3.8, 4) is 11.6 Å². The van der Waals surface area contributed by atoms with Gasteiger partial charge in [-0.2, -0.15) is 34.8 Å². The molecule has 1 aromatic heterocycles. The van der Waals surface area contributed by atoms with E-state index in [0.29, 0.717) is 96.6 Å². The first-order valence-corrected chi connectivity index (χ1v) is 26.5. The zero-order chi connectivity index (χ0) is 56.4. The Balaban J connectivity index is 0.000000394. The van der Waals surface area contributed by atoms with Gasteiger partial charge >= 0.3 is 40.8 Å². The molecule has 424 valence electrons. The maximum atomic E-state index is 14.6. The summed E-state index contributed by atoms with van der Waals surface area (Å²) >= 11 is 0. The molecule has 5 amide bonds. The predicted octanol–water partition coefficient (Wildman–Crippen LogP) is 7.13. The molecular weight excluding hydrogens is 1040 g/mol. The van der Waals surface area contributed by atoms with Crippen molar-refractivity contribution in [1.82, 2.24) is 30.6 Å². The van der Waals surface area contributed by atoms with Gasteiger partial charge in [-0.1, -0.05) is 39.0 Å². The van der Waals surface area contributed by atoms with Gasteiger partial charge in [0.15, 0.2) is 0 Å². The van der Waals surface area contributed by atoms with Crippen molar-refractivity contribution in [3.05, 3.63) is 30.5 Å². The number of alkyl carbamates (subject to hydrolysis) is 2. The number of methoxy groups -OCH3 is 1. The van der Waals surface area contributed by atoms with Crippen LogP contribution in [-0.4, -0.2) is 132 Å². The van der Waals surface area contributed by atoms with Crippen LogP contribution in [0, 0.1) is 17.8 Å². The van der Waals surface area contributed by atoms with E-state index in [1.807, 2.05) is 10.0 Å². The minimum absolute atomic E-state index is 0.108. The smallest absolute Gasteiger partial charge is 0.427 e. The SMILES string of the molecule is CC(C)(OC(=O)N[C@H](C(=O)O)C1CCCC1)C(F)(F)F.CC[C@@H]1C[C@]1(NC(=O)[C@@H]1C[C@@H](Oc2nccc3cc(OC)ccc23)CN1C(=O)[C@@H](NC(=O)OC(C)(C)C(F)(F)F)C1CCCC1)C(=O)NS(=O)(=O)OC1(C)CC1. The Morgan fingerprint density at radius 1 is 0.842 bits per heavy atom. The molecule has 1 saturated heterocycles. The van der Waals surface area contributed by atoms with Gasteiger partial charge < -0.3 is 44.9 Å². The van der Waals surface area contributed by atoms with Crippen LogP contribution in [-0.2, 0) is 43.1 Å². The van der Waals surface area contributed by atoms with E-state index < -0.39 is 117 Å². The number of hydrogen-bond acceptors (Lipinski definition) is 14. The molecule has 4 aliphatic carbocycles. The van der Waals surface area contributed by atoms with E-state index in [4.69, 9.17) is 23.5 Å².